The third-order valence-corrected chi connectivity index (χ3v) is 2.60. The first kappa shape index (κ1) is 12.4. The largest absolute Gasteiger partial charge is 0.502 e. The smallest absolute Gasteiger partial charge is 0.314 e. The van der Waals surface area contributed by atoms with Crippen LogP contribution in [0.5, 0.6) is 5.75 Å². The molecule has 16 heavy (non-hydrogen) atoms. The van der Waals surface area contributed by atoms with Gasteiger partial charge in [0.15, 0.2) is 5.75 Å². The summed E-state index contributed by atoms with van der Waals surface area (Å²) < 4.78 is 0. The maximum absolute atomic E-state index is 10.8. The highest BCUT2D eigenvalue weighted by molar-refractivity contribution is 5.59. The topological polar surface area (TPSA) is 110 Å². The number of nitrogens with zero attached hydrogens (tertiary/aromatic N) is 1. The first-order valence-corrected chi connectivity index (χ1v) is 4.74. The second kappa shape index (κ2) is 4.46. The molecule has 0 aliphatic carbocycles. The Morgan fingerprint density at radius 2 is 2.12 bits per heavy atom. The molecule has 88 valence electrons. The molecule has 0 amide bonds. The van der Waals surface area contributed by atoms with E-state index in [0.717, 1.165) is 0 Å². The minimum absolute atomic E-state index is 0.192. The van der Waals surface area contributed by atoms with Gasteiger partial charge in [0.25, 0.3) is 0 Å². The van der Waals surface area contributed by atoms with Crippen LogP contribution >= 0.6 is 0 Å². The number of phenolic OH excluding ortho intramolecular Hbond substituents is 1. The van der Waals surface area contributed by atoms with E-state index in [2.05, 4.69) is 0 Å². The maximum atomic E-state index is 10.8. The molecule has 0 unspecified atom stereocenters. The molecule has 6 heteroatoms. The van der Waals surface area contributed by atoms with E-state index in [1.807, 2.05) is 0 Å². The van der Waals surface area contributed by atoms with Crippen molar-refractivity contribution in [2.75, 3.05) is 6.61 Å². The predicted octanol–water partition coefficient (Wildman–Crippen LogP) is 0.909. The zero-order valence-corrected chi connectivity index (χ0v) is 9.10. The molecule has 0 aliphatic heterocycles. The number of nitro groups is 1. The van der Waals surface area contributed by atoms with Crippen LogP contribution in [-0.2, 0) is 0 Å². The van der Waals surface area contributed by atoms with E-state index in [9.17, 15) is 15.2 Å². The molecule has 0 saturated heterocycles. The number of benzene rings is 1. The zero-order valence-electron chi connectivity index (χ0n) is 9.10. The van der Waals surface area contributed by atoms with Crippen LogP contribution < -0.4 is 5.73 Å². The number of aryl methyl sites for hydroxylation is 1. The van der Waals surface area contributed by atoms with Crippen LogP contribution in [0, 0.1) is 24.0 Å². The highest BCUT2D eigenvalue weighted by Crippen LogP contribution is 2.37. The molecule has 0 aromatic heterocycles. The molecule has 0 radical (unpaired) electrons. The van der Waals surface area contributed by atoms with Gasteiger partial charge in [0, 0.05) is 11.1 Å². The van der Waals surface area contributed by atoms with E-state index >= 15 is 0 Å². The number of aliphatic hydroxyl groups excluding tert-OH is 1. The minimum Gasteiger partial charge on any atom is -0.502 e. The van der Waals surface area contributed by atoms with Crippen LogP contribution in [0.1, 0.15) is 22.7 Å². The van der Waals surface area contributed by atoms with Crippen molar-refractivity contribution in [3.05, 3.63) is 32.9 Å². The Labute approximate surface area is 92.5 Å². The summed E-state index contributed by atoms with van der Waals surface area (Å²) >= 11 is 0. The Kier molecular flexibility index (Phi) is 3.46. The van der Waals surface area contributed by atoms with Gasteiger partial charge in [-0.1, -0.05) is 0 Å². The number of nitro benzene ring substituents is 1. The number of phenols is 1. The van der Waals surface area contributed by atoms with Crippen LogP contribution in [0.2, 0.25) is 0 Å². The second-order valence-electron chi connectivity index (χ2n) is 3.65. The summed E-state index contributed by atoms with van der Waals surface area (Å²) in [5, 5.41) is 29.4. The fourth-order valence-electron chi connectivity index (χ4n) is 1.52. The molecule has 1 atom stereocenters. The third kappa shape index (κ3) is 1.98. The van der Waals surface area contributed by atoms with Crippen molar-refractivity contribution in [1.29, 1.82) is 0 Å². The van der Waals surface area contributed by atoms with Crippen LogP contribution in [0.4, 0.5) is 5.69 Å². The summed E-state index contributed by atoms with van der Waals surface area (Å²) in [5.41, 5.74) is 6.45. The highest BCUT2D eigenvalue weighted by Gasteiger charge is 2.24. The average molecular weight is 226 g/mol. The third-order valence-electron chi connectivity index (χ3n) is 2.60. The Balaban J connectivity index is 3.50. The number of aliphatic hydroxyl groups is 1. The van der Waals surface area contributed by atoms with Crippen molar-refractivity contribution < 1.29 is 15.1 Å². The SMILES string of the molecule is Cc1cc([C@H](N)CO)c(O)c([N+](=O)[O-])c1C. The van der Waals surface area contributed by atoms with Gasteiger partial charge in [0.05, 0.1) is 17.6 Å². The lowest BCUT2D eigenvalue weighted by Gasteiger charge is -2.13. The van der Waals surface area contributed by atoms with Crippen molar-refractivity contribution in [2.24, 2.45) is 5.73 Å². The van der Waals surface area contributed by atoms with Crippen molar-refractivity contribution in [2.45, 2.75) is 19.9 Å². The molecule has 0 saturated carbocycles. The van der Waals surface area contributed by atoms with Gasteiger partial charge in [-0.15, -0.1) is 0 Å². The van der Waals surface area contributed by atoms with Crippen LogP contribution in [0.25, 0.3) is 0 Å². The van der Waals surface area contributed by atoms with E-state index in [4.69, 9.17) is 10.8 Å². The van der Waals surface area contributed by atoms with Gasteiger partial charge in [0.1, 0.15) is 0 Å². The molecule has 1 rings (SSSR count). The number of rotatable bonds is 3. The van der Waals surface area contributed by atoms with Crippen molar-refractivity contribution >= 4 is 5.69 Å². The van der Waals surface area contributed by atoms with E-state index in [1.54, 1.807) is 19.9 Å². The first-order valence-electron chi connectivity index (χ1n) is 4.74. The van der Waals surface area contributed by atoms with Crippen molar-refractivity contribution in [1.82, 2.24) is 0 Å². The quantitative estimate of drug-likeness (QED) is 0.524. The van der Waals surface area contributed by atoms with Gasteiger partial charge in [-0.05, 0) is 25.5 Å². The molecule has 0 fully saturated rings. The number of aromatic hydroxyl groups is 1. The maximum Gasteiger partial charge on any atom is 0.314 e. The highest BCUT2D eigenvalue weighted by atomic mass is 16.6. The van der Waals surface area contributed by atoms with Gasteiger partial charge in [0.2, 0.25) is 0 Å². The summed E-state index contributed by atoms with van der Waals surface area (Å²) in [5.74, 6) is -0.463. The lowest BCUT2D eigenvalue weighted by Crippen LogP contribution is -2.15. The van der Waals surface area contributed by atoms with Crippen LogP contribution in [0.15, 0.2) is 6.07 Å². The number of nitrogens with two attached hydrogens (primary N) is 1. The summed E-state index contributed by atoms with van der Waals surface area (Å²) in [7, 11) is 0. The summed E-state index contributed by atoms with van der Waals surface area (Å²) in [6.07, 6.45) is 0. The standard InChI is InChI=1S/C10H14N2O4/c1-5-3-7(8(11)4-13)10(14)9(6(5)2)12(15)16/h3,8,13-14H,4,11H2,1-2H3/t8-/m1/s1. The van der Waals surface area contributed by atoms with Gasteiger partial charge < -0.3 is 15.9 Å². The molecule has 0 aliphatic rings. The predicted molar refractivity (Wildman–Crippen MR) is 58.2 cm³/mol. The fraction of sp³-hybridized carbons (Fsp3) is 0.400. The van der Waals surface area contributed by atoms with Crippen LogP contribution in [0.3, 0.4) is 0 Å². The molecule has 4 N–H and O–H groups in total. The summed E-state index contributed by atoms with van der Waals surface area (Å²) in [6, 6.07) is 0.733. The zero-order chi connectivity index (χ0) is 12.5. The van der Waals surface area contributed by atoms with E-state index < -0.39 is 16.7 Å². The van der Waals surface area contributed by atoms with Crippen molar-refractivity contribution in [3.63, 3.8) is 0 Å². The van der Waals surface area contributed by atoms with E-state index in [0.29, 0.717) is 11.1 Å². The molecular formula is C10H14N2O4. The molecule has 0 spiro atoms. The lowest BCUT2D eigenvalue weighted by atomic mass is 9.98. The Hall–Kier alpha value is -1.66. The molecule has 0 bridgehead atoms. The van der Waals surface area contributed by atoms with Gasteiger partial charge in [-0.3, -0.25) is 10.1 Å². The molecule has 1 aromatic carbocycles. The Bertz CT molecular complexity index is 431. The first-order chi connectivity index (χ1) is 7.40. The number of hydrogen-bond acceptors (Lipinski definition) is 5. The Morgan fingerprint density at radius 1 is 1.56 bits per heavy atom. The lowest BCUT2D eigenvalue weighted by molar-refractivity contribution is -0.386. The monoisotopic (exact) mass is 226 g/mol. The molecular weight excluding hydrogens is 212 g/mol. The van der Waals surface area contributed by atoms with Gasteiger partial charge in [-0.2, -0.15) is 0 Å². The van der Waals surface area contributed by atoms with Crippen molar-refractivity contribution in [3.8, 4) is 5.75 Å². The second-order valence-corrected chi connectivity index (χ2v) is 3.65. The number of hydrogen-bond donors (Lipinski definition) is 3. The normalized spacial score (nSPS) is 12.5. The molecule has 6 nitrogen and oxygen atoms in total. The van der Waals surface area contributed by atoms with E-state index in [1.165, 1.54) is 0 Å². The average Bonchev–Trinajstić information content (AvgIpc) is 2.22. The van der Waals surface area contributed by atoms with Crippen LogP contribution in [-0.4, -0.2) is 21.7 Å². The fourth-order valence-corrected chi connectivity index (χ4v) is 1.52. The molecule has 0 heterocycles. The minimum atomic E-state index is -0.821. The van der Waals surface area contributed by atoms with Gasteiger partial charge >= 0.3 is 5.69 Å². The van der Waals surface area contributed by atoms with Gasteiger partial charge in [-0.25, -0.2) is 0 Å². The summed E-state index contributed by atoms with van der Waals surface area (Å²) in [4.78, 5) is 10.2. The Morgan fingerprint density at radius 3 is 2.56 bits per heavy atom. The van der Waals surface area contributed by atoms with E-state index in [-0.39, 0.29) is 17.9 Å². The summed E-state index contributed by atoms with van der Waals surface area (Å²) in [6.45, 7) is 2.87. The molecule has 1 aromatic rings.